The molecule has 0 saturated carbocycles. The first kappa shape index (κ1) is 26.1. The number of methoxy groups -OCH3 is 1. The summed E-state index contributed by atoms with van der Waals surface area (Å²) in [5, 5.41) is 15.2. The van der Waals surface area contributed by atoms with Gasteiger partial charge in [-0.05, 0) is 36.6 Å². The number of aliphatic carboxylic acids is 1. The van der Waals surface area contributed by atoms with E-state index in [1.54, 1.807) is 7.11 Å². The fourth-order valence-electron chi connectivity index (χ4n) is 3.68. The SMILES string of the molecule is CCC(CC)O[C@@H]1C=C(C(=O)O)C[C@H](NC(=O)NNCc2ccc(OC)cc2)[C@H]1NC(C)=O. The number of carboxylic acids is 1. The largest absolute Gasteiger partial charge is 0.497 e. The monoisotopic (exact) mass is 462 g/mol. The van der Waals surface area contributed by atoms with Gasteiger partial charge in [-0.15, -0.1) is 0 Å². The van der Waals surface area contributed by atoms with E-state index >= 15 is 0 Å². The second kappa shape index (κ2) is 12.8. The minimum Gasteiger partial charge on any atom is -0.497 e. The third-order valence-electron chi connectivity index (χ3n) is 5.47. The lowest BCUT2D eigenvalue weighted by Gasteiger charge is -2.38. The van der Waals surface area contributed by atoms with E-state index in [2.05, 4.69) is 21.5 Å². The molecule has 0 saturated heterocycles. The number of hydrogen-bond acceptors (Lipinski definition) is 6. The molecular formula is C23H34N4O6. The average Bonchev–Trinajstić information content (AvgIpc) is 2.79. The first-order chi connectivity index (χ1) is 15.8. The number of carbonyl (C=O) groups is 3. The molecule has 2 rings (SSSR count). The van der Waals surface area contributed by atoms with Crippen LogP contribution in [0.1, 0.15) is 45.6 Å². The summed E-state index contributed by atoms with van der Waals surface area (Å²) in [6.07, 6.45) is 2.27. The Morgan fingerprint density at radius 3 is 2.33 bits per heavy atom. The number of urea groups is 1. The van der Waals surface area contributed by atoms with Crippen molar-refractivity contribution in [1.82, 2.24) is 21.5 Å². The molecule has 0 radical (unpaired) electrons. The van der Waals surface area contributed by atoms with Crippen molar-refractivity contribution in [3.05, 3.63) is 41.5 Å². The number of benzene rings is 1. The summed E-state index contributed by atoms with van der Waals surface area (Å²) in [6, 6.07) is 5.53. The molecule has 10 nitrogen and oxygen atoms in total. The Morgan fingerprint density at radius 1 is 1.12 bits per heavy atom. The maximum absolute atomic E-state index is 12.5. The predicted molar refractivity (Wildman–Crippen MR) is 122 cm³/mol. The first-order valence-corrected chi connectivity index (χ1v) is 11.1. The van der Waals surface area contributed by atoms with Gasteiger partial charge in [0.05, 0.1) is 31.4 Å². The van der Waals surface area contributed by atoms with E-state index in [4.69, 9.17) is 9.47 Å². The lowest BCUT2D eigenvalue weighted by molar-refractivity contribution is -0.133. The van der Waals surface area contributed by atoms with Crippen LogP contribution < -0.4 is 26.2 Å². The number of hydrazine groups is 1. The van der Waals surface area contributed by atoms with Crippen LogP contribution in [0.15, 0.2) is 35.9 Å². The summed E-state index contributed by atoms with van der Waals surface area (Å²) < 4.78 is 11.2. The molecular weight excluding hydrogens is 428 g/mol. The molecule has 0 bridgehead atoms. The van der Waals surface area contributed by atoms with Gasteiger partial charge in [0.2, 0.25) is 5.91 Å². The van der Waals surface area contributed by atoms with Crippen molar-refractivity contribution in [2.75, 3.05) is 7.11 Å². The van der Waals surface area contributed by atoms with Crippen LogP contribution in [0.3, 0.4) is 0 Å². The molecule has 1 aromatic rings. The second-order valence-electron chi connectivity index (χ2n) is 7.87. The molecule has 1 aromatic carbocycles. The van der Waals surface area contributed by atoms with Gasteiger partial charge in [-0.25, -0.2) is 15.0 Å². The van der Waals surface area contributed by atoms with E-state index in [0.29, 0.717) is 6.54 Å². The van der Waals surface area contributed by atoms with Crippen LogP contribution >= 0.6 is 0 Å². The molecule has 3 amide bonds. The standard InChI is InChI=1S/C23H34N4O6/c1-5-17(6-2)33-20-12-16(22(29)30)11-19(21(20)25-14(3)28)26-23(31)27-24-13-15-7-9-18(32-4)10-8-15/h7-10,12,17,19-21,24H,5-6,11,13H2,1-4H3,(H,25,28)(H,29,30)(H2,26,27,31)/t19-,20+,21+/m0/s1. The zero-order valence-electron chi connectivity index (χ0n) is 19.5. The molecule has 1 aliphatic rings. The second-order valence-corrected chi connectivity index (χ2v) is 7.87. The predicted octanol–water partition coefficient (Wildman–Crippen LogP) is 1.86. The number of rotatable bonds is 11. The van der Waals surface area contributed by atoms with E-state index in [1.807, 2.05) is 38.1 Å². The Labute approximate surface area is 194 Å². The van der Waals surface area contributed by atoms with E-state index in [9.17, 15) is 19.5 Å². The van der Waals surface area contributed by atoms with E-state index in [1.165, 1.54) is 13.0 Å². The number of amides is 3. The highest BCUT2D eigenvalue weighted by Crippen LogP contribution is 2.24. The minimum atomic E-state index is -1.08. The van der Waals surface area contributed by atoms with Crippen molar-refractivity contribution in [2.45, 2.75) is 70.9 Å². The molecule has 182 valence electrons. The lowest BCUT2D eigenvalue weighted by Crippen LogP contribution is -2.61. The van der Waals surface area contributed by atoms with Crippen LogP contribution in [0.5, 0.6) is 5.75 Å². The van der Waals surface area contributed by atoms with Gasteiger partial charge in [0.25, 0.3) is 0 Å². The number of ether oxygens (including phenoxy) is 2. The van der Waals surface area contributed by atoms with Gasteiger partial charge in [-0.3, -0.25) is 10.2 Å². The Morgan fingerprint density at radius 2 is 1.79 bits per heavy atom. The zero-order chi connectivity index (χ0) is 24.4. The molecule has 1 aliphatic carbocycles. The number of hydrogen-bond donors (Lipinski definition) is 5. The van der Waals surface area contributed by atoms with Crippen LogP contribution in [0.2, 0.25) is 0 Å². The molecule has 5 N–H and O–H groups in total. The molecule has 0 aliphatic heterocycles. The van der Waals surface area contributed by atoms with Gasteiger partial charge in [0.15, 0.2) is 0 Å². The summed E-state index contributed by atoms with van der Waals surface area (Å²) in [5.41, 5.74) is 6.44. The molecule has 10 heteroatoms. The van der Waals surface area contributed by atoms with Crippen LogP contribution in [-0.2, 0) is 20.9 Å². The smallest absolute Gasteiger partial charge is 0.331 e. The summed E-state index contributed by atoms with van der Waals surface area (Å²) in [7, 11) is 1.59. The molecule has 0 heterocycles. The summed E-state index contributed by atoms with van der Waals surface area (Å²) in [5.74, 6) is -0.646. The van der Waals surface area contributed by atoms with Crippen LogP contribution in [-0.4, -0.2) is 54.4 Å². The van der Waals surface area contributed by atoms with Gasteiger partial charge >= 0.3 is 12.0 Å². The van der Waals surface area contributed by atoms with Gasteiger partial charge in [-0.2, -0.15) is 0 Å². The summed E-state index contributed by atoms with van der Waals surface area (Å²) in [6.45, 7) is 5.70. The van der Waals surface area contributed by atoms with E-state index in [-0.39, 0.29) is 24.0 Å². The van der Waals surface area contributed by atoms with Gasteiger partial charge in [-0.1, -0.05) is 26.0 Å². The van der Waals surface area contributed by atoms with Crippen LogP contribution in [0.4, 0.5) is 4.79 Å². The van der Waals surface area contributed by atoms with Crippen LogP contribution in [0, 0.1) is 0 Å². The maximum Gasteiger partial charge on any atom is 0.331 e. The summed E-state index contributed by atoms with van der Waals surface area (Å²) in [4.78, 5) is 36.1. The normalized spacial score (nSPS) is 20.0. The van der Waals surface area contributed by atoms with E-state index < -0.39 is 30.2 Å². The fourth-order valence-corrected chi connectivity index (χ4v) is 3.68. The van der Waals surface area contributed by atoms with Crippen molar-refractivity contribution in [3.63, 3.8) is 0 Å². The number of nitrogens with one attached hydrogen (secondary N) is 4. The van der Waals surface area contributed by atoms with Gasteiger partial charge < -0.3 is 25.2 Å². The van der Waals surface area contributed by atoms with Crippen LogP contribution in [0.25, 0.3) is 0 Å². The molecule has 0 aromatic heterocycles. The average molecular weight is 463 g/mol. The number of carboxylic acid groups (broad SMARTS) is 1. The third kappa shape index (κ3) is 8.07. The highest BCUT2D eigenvalue weighted by Gasteiger charge is 2.38. The Kier molecular flexibility index (Phi) is 10.1. The molecule has 33 heavy (non-hydrogen) atoms. The van der Waals surface area contributed by atoms with Crippen molar-refractivity contribution in [1.29, 1.82) is 0 Å². The maximum atomic E-state index is 12.5. The Bertz CT molecular complexity index is 838. The number of carbonyl (C=O) groups excluding carboxylic acids is 2. The summed E-state index contributed by atoms with van der Waals surface area (Å²) >= 11 is 0. The Balaban J connectivity index is 2.06. The van der Waals surface area contributed by atoms with Crippen molar-refractivity contribution in [3.8, 4) is 5.75 Å². The quantitative estimate of drug-likeness (QED) is 0.317. The highest BCUT2D eigenvalue weighted by molar-refractivity contribution is 5.87. The van der Waals surface area contributed by atoms with E-state index in [0.717, 1.165) is 24.2 Å². The van der Waals surface area contributed by atoms with Crippen molar-refractivity contribution < 1.29 is 29.0 Å². The molecule has 0 fully saturated rings. The third-order valence-corrected chi connectivity index (χ3v) is 5.47. The molecule has 0 unspecified atom stereocenters. The Hall–Kier alpha value is -3.11. The first-order valence-electron chi connectivity index (χ1n) is 11.1. The lowest BCUT2D eigenvalue weighted by atomic mass is 9.87. The highest BCUT2D eigenvalue weighted by atomic mass is 16.5. The fraction of sp³-hybridized carbons (Fsp3) is 0.522. The van der Waals surface area contributed by atoms with Crippen molar-refractivity contribution in [2.24, 2.45) is 0 Å². The molecule has 0 spiro atoms. The van der Waals surface area contributed by atoms with Gasteiger partial charge in [0.1, 0.15) is 5.75 Å². The van der Waals surface area contributed by atoms with Crippen molar-refractivity contribution >= 4 is 17.9 Å². The topological polar surface area (TPSA) is 138 Å². The zero-order valence-corrected chi connectivity index (χ0v) is 19.5. The minimum absolute atomic E-state index is 0.0506. The molecule has 3 atom stereocenters. The van der Waals surface area contributed by atoms with Gasteiger partial charge in [0, 0.05) is 25.5 Å².